The molecule has 140 valence electrons. The van der Waals surface area contributed by atoms with Gasteiger partial charge in [0.15, 0.2) is 0 Å². The topological polar surface area (TPSA) is 69.7 Å². The van der Waals surface area contributed by atoms with E-state index in [1.807, 2.05) is 0 Å². The average Bonchev–Trinajstić information content (AvgIpc) is 2.59. The van der Waals surface area contributed by atoms with Crippen LogP contribution < -0.4 is 9.62 Å². The normalized spacial score (nSPS) is 16.0. The fraction of sp³-hybridized carbons (Fsp3) is 0.588. The summed E-state index contributed by atoms with van der Waals surface area (Å²) in [5.74, 6) is -0.683. The lowest BCUT2D eigenvalue weighted by Gasteiger charge is -2.28. The predicted molar refractivity (Wildman–Crippen MR) is 95.9 cm³/mol. The second-order valence-electron chi connectivity index (χ2n) is 6.56. The first-order valence-corrected chi connectivity index (χ1v) is 9.93. The van der Waals surface area contributed by atoms with Crippen molar-refractivity contribution in [2.45, 2.75) is 32.1 Å². The van der Waals surface area contributed by atoms with Crippen LogP contribution in [0.1, 0.15) is 32.1 Å². The molecule has 0 unspecified atom stereocenters. The lowest BCUT2D eigenvalue weighted by Crippen LogP contribution is -2.46. The van der Waals surface area contributed by atoms with Gasteiger partial charge in [-0.15, -0.1) is 0 Å². The Morgan fingerprint density at radius 3 is 2.44 bits per heavy atom. The molecule has 25 heavy (non-hydrogen) atoms. The van der Waals surface area contributed by atoms with E-state index in [1.54, 1.807) is 0 Å². The van der Waals surface area contributed by atoms with Gasteiger partial charge in [0.2, 0.25) is 5.91 Å². The number of rotatable bonds is 7. The summed E-state index contributed by atoms with van der Waals surface area (Å²) in [5, 5.41) is 2.80. The lowest BCUT2D eigenvalue weighted by atomic mass is 9.89. The number of halogens is 1. The molecule has 8 heteroatoms. The summed E-state index contributed by atoms with van der Waals surface area (Å²) in [7, 11) is -1.29. The quantitative estimate of drug-likeness (QED) is 0.798. The molecule has 0 aromatic heterocycles. The molecule has 1 aromatic rings. The highest BCUT2D eigenvalue weighted by atomic mass is 32.2. The van der Waals surface area contributed by atoms with Gasteiger partial charge in [0, 0.05) is 20.6 Å². The fourth-order valence-corrected chi connectivity index (χ4v) is 4.05. The number of amides is 1. The second kappa shape index (κ2) is 8.62. The summed E-state index contributed by atoms with van der Waals surface area (Å²) in [5.41, 5.74) is -0.135. The summed E-state index contributed by atoms with van der Waals surface area (Å²) in [6, 6.07) is 5.54. The van der Waals surface area contributed by atoms with Gasteiger partial charge in [0.1, 0.15) is 12.4 Å². The summed E-state index contributed by atoms with van der Waals surface area (Å²) in [6.45, 7) is 0.0835. The van der Waals surface area contributed by atoms with Crippen molar-refractivity contribution in [1.29, 1.82) is 0 Å². The Labute approximate surface area is 149 Å². The van der Waals surface area contributed by atoms with Crippen molar-refractivity contribution in [1.82, 2.24) is 9.62 Å². The molecule has 1 saturated carbocycles. The maximum Gasteiger partial charge on any atom is 0.304 e. The van der Waals surface area contributed by atoms with Crippen molar-refractivity contribution in [3.63, 3.8) is 0 Å². The molecule has 1 aliphatic rings. The molecule has 1 amide bonds. The van der Waals surface area contributed by atoms with Crippen LogP contribution in [0.15, 0.2) is 24.3 Å². The third-order valence-corrected chi connectivity index (χ3v) is 6.27. The van der Waals surface area contributed by atoms with Crippen LogP contribution in [0.2, 0.25) is 0 Å². The number of anilines is 1. The largest absolute Gasteiger partial charge is 0.354 e. The molecule has 6 nitrogen and oxygen atoms in total. The molecule has 0 bridgehead atoms. The zero-order valence-corrected chi connectivity index (χ0v) is 15.6. The number of benzene rings is 1. The van der Waals surface area contributed by atoms with Gasteiger partial charge in [-0.1, -0.05) is 31.4 Å². The maximum absolute atomic E-state index is 14.1. The first kappa shape index (κ1) is 19.7. The van der Waals surface area contributed by atoms with Crippen LogP contribution in [-0.2, 0) is 15.0 Å². The van der Waals surface area contributed by atoms with E-state index < -0.39 is 28.5 Å². The van der Waals surface area contributed by atoms with Crippen molar-refractivity contribution < 1.29 is 17.6 Å². The Balaban J connectivity index is 2.10. The molecule has 0 spiro atoms. The average molecular weight is 371 g/mol. The van der Waals surface area contributed by atoms with Crippen molar-refractivity contribution in [2.75, 3.05) is 31.5 Å². The van der Waals surface area contributed by atoms with Crippen molar-refractivity contribution in [3.8, 4) is 0 Å². The Morgan fingerprint density at radius 2 is 1.84 bits per heavy atom. The van der Waals surface area contributed by atoms with Gasteiger partial charge in [-0.3, -0.25) is 4.79 Å². The first-order chi connectivity index (χ1) is 11.8. The number of hydrogen-bond donors (Lipinski definition) is 1. The van der Waals surface area contributed by atoms with Crippen LogP contribution in [-0.4, -0.2) is 45.8 Å². The zero-order chi connectivity index (χ0) is 18.4. The highest BCUT2D eigenvalue weighted by molar-refractivity contribution is 7.90. The van der Waals surface area contributed by atoms with Gasteiger partial charge < -0.3 is 5.32 Å². The fourth-order valence-electron chi connectivity index (χ4n) is 2.98. The standard InChI is InChI=1S/C17H26FN3O3S/c1-20(2)25(23,24)21(16-11-7-6-10-15(16)18)13-17(22)19-12-14-8-4-3-5-9-14/h6-7,10-11,14H,3-5,8-9,12-13H2,1-2H3,(H,19,22). The minimum Gasteiger partial charge on any atom is -0.354 e. The molecular formula is C17H26FN3O3S. The van der Waals surface area contributed by atoms with Gasteiger partial charge in [-0.25, -0.2) is 8.70 Å². The minimum atomic E-state index is -3.99. The van der Waals surface area contributed by atoms with E-state index in [0.717, 1.165) is 34.3 Å². The Morgan fingerprint density at radius 1 is 1.20 bits per heavy atom. The maximum atomic E-state index is 14.1. The summed E-state index contributed by atoms with van der Waals surface area (Å²) >= 11 is 0. The van der Waals surface area contributed by atoms with E-state index >= 15 is 0 Å². The van der Waals surface area contributed by atoms with Crippen LogP contribution in [0.5, 0.6) is 0 Å². The van der Waals surface area contributed by atoms with Gasteiger partial charge >= 0.3 is 10.2 Å². The van der Waals surface area contributed by atoms with Crippen LogP contribution in [0.25, 0.3) is 0 Å². The molecule has 1 aliphatic carbocycles. The smallest absolute Gasteiger partial charge is 0.304 e. The molecule has 0 atom stereocenters. The van der Waals surface area contributed by atoms with E-state index in [1.165, 1.54) is 44.8 Å². The van der Waals surface area contributed by atoms with E-state index in [4.69, 9.17) is 0 Å². The number of nitrogens with zero attached hydrogens (tertiary/aromatic N) is 2. The van der Waals surface area contributed by atoms with E-state index in [-0.39, 0.29) is 5.69 Å². The van der Waals surface area contributed by atoms with Gasteiger partial charge in [0.05, 0.1) is 5.69 Å². The summed E-state index contributed by atoms with van der Waals surface area (Å²) < 4.78 is 40.9. The molecule has 2 rings (SSSR count). The van der Waals surface area contributed by atoms with Crippen LogP contribution in [0, 0.1) is 11.7 Å². The first-order valence-electron chi connectivity index (χ1n) is 8.54. The Kier molecular flexibility index (Phi) is 6.78. The van der Waals surface area contributed by atoms with Gasteiger partial charge in [-0.05, 0) is 30.9 Å². The van der Waals surface area contributed by atoms with E-state index in [2.05, 4.69) is 5.32 Å². The molecule has 1 fully saturated rings. The molecule has 1 aromatic carbocycles. The number of carbonyl (C=O) groups is 1. The molecule has 0 saturated heterocycles. The van der Waals surface area contributed by atoms with Crippen molar-refractivity contribution in [3.05, 3.63) is 30.1 Å². The lowest BCUT2D eigenvalue weighted by molar-refractivity contribution is -0.119. The van der Waals surface area contributed by atoms with Gasteiger partial charge in [0.25, 0.3) is 0 Å². The monoisotopic (exact) mass is 371 g/mol. The highest BCUT2D eigenvalue weighted by Crippen LogP contribution is 2.24. The third-order valence-electron chi connectivity index (χ3n) is 4.46. The number of carbonyl (C=O) groups excluding carboxylic acids is 1. The van der Waals surface area contributed by atoms with E-state index in [0.29, 0.717) is 12.5 Å². The van der Waals surface area contributed by atoms with Gasteiger partial charge in [-0.2, -0.15) is 12.7 Å². The molecule has 0 heterocycles. The molecule has 0 aliphatic heterocycles. The van der Waals surface area contributed by atoms with Crippen LogP contribution in [0.3, 0.4) is 0 Å². The summed E-state index contributed by atoms with van der Waals surface area (Å²) in [6.07, 6.45) is 5.71. The second-order valence-corrected chi connectivity index (χ2v) is 8.62. The summed E-state index contributed by atoms with van der Waals surface area (Å²) in [4.78, 5) is 12.3. The molecular weight excluding hydrogens is 345 g/mol. The predicted octanol–water partition coefficient (Wildman–Crippen LogP) is 2.13. The Bertz CT molecular complexity index is 688. The van der Waals surface area contributed by atoms with Crippen molar-refractivity contribution >= 4 is 21.8 Å². The SMILES string of the molecule is CN(C)S(=O)(=O)N(CC(=O)NCC1CCCCC1)c1ccccc1F. The zero-order valence-electron chi connectivity index (χ0n) is 14.7. The molecule has 1 N–H and O–H groups in total. The minimum absolute atomic E-state index is 0.135. The Hall–Kier alpha value is -1.67. The number of hydrogen-bond acceptors (Lipinski definition) is 3. The third kappa shape index (κ3) is 5.15. The van der Waals surface area contributed by atoms with Crippen molar-refractivity contribution in [2.24, 2.45) is 5.92 Å². The van der Waals surface area contributed by atoms with E-state index in [9.17, 15) is 17.6 Å². The van der Waals surface area contributed by atoms with Crippen LogP contribution >= 0.6 is 0 Å². The highest BCUT2D eigenvalue weighted by Gasteiger charge is 2.29. The number of para-hydroxylation sites is 1. The van der Waals surface area contributed by atoms with Crippen LogP contribution in [0.4, 0.5) is 10.1 Å². The number of nitrogens with one attached hydrogen (secondary N) is 1. The molecule has 0 radical (unpaired) electrons.